The fourth-order valence-corrected chi connectivity index (χ4v) is 1.76. The molecule has 4 nitrogen and oxygen atoms in total. The van der Waals surface area contributed by atoms with E-state index in [1.165, 1.54) is 7.11 Å². The van der Waals surface area contributed by atoms with Gasteiger partial charge >= 0.3 is 5.97 Å². The van der Waals surface area contributed by atoms with Crippen LogP contribution >= 0.6 is 0 Å². The number of carbonyl (C=O) groups excluding carboxylic acids is 2. The minimum Gasteiger partial charge on any atom is -0.469 e. The number of rotatable bonds is 5. The van der Waals surface area contributed by atoms with Crippen molar-refractivity contribution in [3.8, 4) is 0 Å². The molecule has 0 aliphatic carbocycles. The first-order chi connectivity index (χ1) is 8.49. The first-order valence-corrected chi connectivity index (χ1v) is 5.85. The van der Waals surface area contributed by atoms with Crippen LogP contribution in [0.4, 0.5) is 0 Å². The quantitative estimate of drug-likeness (QED) is 0.636. The van der Waals surface area contributed by atoms with Crippen LogP contribution in [-0.4, -0.2) is 32.0 Å². The number of ether oxygens (including phenoxy) is 1. The minimum absolute atomic E-state index is 0.0409. The fraction of sp³-hybridized carbons (Fsp3) is 0.429. The lowest BCUT2D eigenvalue weighted by Gasteiger charge is -2.15. The lowest BCUT2D eigenvalue weighted by molar-refractivity contribution is -0.140. The van der Waals surface area contributed by atoms with Gasteiger partial charge in [0, 0.05) is 5.56 Å². The molecule has 1 atom stereocenters. The van der Waals surface area contributed by atoms with Crippen LogP contribution in [0, 0.1) is 13.8 Å². The Balaban J connectivity index is 2.96. The van der Waals surface area contributed by atoms with Crippen molar-refractivity contribution in [2.45, 2.75) is 26.3 Å². The second-order valence-electron chi connectivity index (χ2n) is 4.30. The second kappa shape index (κ2) is 6.31. The number of esters is 1. The number of aryl methyl sites for hydroxylation is 2. The van der Waals surface area contributed by atoms with Gasteiger partial charge in [0.2, 0.25) is 0 Å². The van der Waals surface area contributed by atoms with Gasteiger partial charge < -0.3 is 10.1 Å². The molecule has 1 unspecified atom stereocenters. The lowest BCUT2D eigenvalue weighted by atomic mass is 9.96. The smallest absolute Gasteiger partial charge is 0.307 e. The molecule has 4 heteroatoms. The van der Waals surface area contributed by atoms with Crippen molar-refractivity contribution in [3.05, 3.63) is 34.9 Å². The van der Waals surface area contributed by atoms with E-state index in [0.29, 0.717) is 5.56 Å². The standard InChI is InChI=1S/C14H19NO3/c1-9-5-6-10(2)11(7-9)14(17)12(15-3)8-13(16)18-4/h5-7,12,15H,8H2,1-4H3. The summed E-state index contributed by atoms with van der Waals surface area (Å²) in [5.74, 6) is -0.475. The maximum atomic E-state index is 12.3. The van der Waals surface area contributed by atoms with E-state index in [9.17, 15) is 9.59 Å². The number of likely N-dealkylation sites (N-methyl/N-ethyl adjacent to an activating group) is 1. The Morgan fingerprint density at radius 1 is 1.33 bits per heavy atom. The molecular formula is C14H19NO3. The molecular weight excluding hydrogens is 230 g/mol. The molecule has 0 radical (unpaired) electrons. The van der Waals surface area contributed by atoms with Gasteiger partial charge in [-0.1, -0.05) is 17.7 Å². The third kappa shape index (κ3) is 3.40. The first-order valence-electron chi connectivity index (χ1n) is 5.85. The van der Waals surface area contributed by atoms with Crippen molar-refractivity contribution in [1.29, 1.82) is 0 Å². The molecule has 0 aliphatic heterocycles. The Hall–Kier alpha value is -1.68. The number of Topliss-reactive ketones (excluding diaryl/α,β-unsaturated/α-hetero) is 1. The molecule has 0 heterocycles. The molecule has 1 rings (SSSR count). The second-order valence-corrected chi connectivity index (χ2v) is 4.30. The van der Waals surface area contributed by atoms with Crippen molar-refractivity contribution < 1.29 is 14.3 Å². The van der Waals surface area contributed by atoms with Crippen LogP contribution in [0.25, 0.3) is 0 Å². The molecule has 0 aromatic heterocycles. The highest BCUT2D eigenvalue weighted by atomic mass is 16.5. The summed E-state index contributed by atoms with van der Waals surface area (Å²) in [5, 5.41) is 2.86. The van der Waals surface area contributed by atoms with Gasteiger partial charge in [-0.25, -0.2) is 0 Å². The van der Waals surface area contributed by atoms with Crippen LogP contribution in [-0.2, 0) is 9.53 Å². The van der Waals surface area contributed by atoms with Crippen molar-refractivity contribution in [3.63, 3.8) is 0 Å². The van der Waals surface area contributed by atoms with Gasteiger partial charge in [0.1, 0.15) is 0 Å². The van der Waals surface area contributed by atoms with Crippen molar-refractivity contribution in [1.82, 2.24) is 5.32 Å². The fourth-order valence-electron chi connectivity index (χ4n) is 1.76. The van der Waals surface area contributed by atoms with Crippen molar-refractivity contribution in [2.24, 2.45) is 0 Å². The Kier molecular flexibility index (Phi) is 5.04. The van der Waals surface area contributed by atoms with Gasteiger partial charge in [-0.2, -0.15) is 0 Å². The molecule has 0 spiro atoms. The molecule has 1 aromatic carbocycles. The molecule has 0 fully saturated rings. The maximum absolute atomic E-state index is 12.3. The predicted molar refractivity (Wildman–Crippen MR) is 69.7 cm³/mol. The van der Waals surface area contributed by atoms with E-state index in [1.807, 2.05) is 32.0 Å². The number of ketones is 1. The zero-order chi connectivity index (χ0) is 13.7. The van der Waals surface area contributed by atoms with E-state index in [0.717, 1.165) is 11.1 Å². The number of carbonyl (C=O) groups is 2. The van der Waals surface area contributed by atoms with Gasteiger partial charge in [-0.3, -0.25) is 9.59 Å². The Labute approximate surface area is 107 Å². The zero-order valence-electron chi connectivity index (χ0n) is 11.2. The molecule has 0 aliphatic rings. The Morgan fingerprint density at radius 2 is 2.00 bits per heavy atom. The molecule has 0 saturated carbocycles. The average Bonchev–Trinajstić information content (AvgIpc) is 2.37. The number of nitrogens with one attached hydrogen (secondary N) is 1. The third-order valence-electron chi connectivity index (χ3n) is 2.92. The molecule has 1 aromatic rings. The van der Waals surface area contributed by atoms with E-state index in [-0.39, 0.29) is 12.2 Å². The number of hydrogen-bond acceptors (Lipinski definition) is 4. The predicted octanol–water partition coefficient (Wildman–Crippen LogP) is 1.64. The number of hydrogen-bond donors (Lipinski definition) is 1. The van der Waals surface area contributed by atoms with Gasteiger partial charge in [-0.15, -0.1) is 0 Å². The summed E-state index contributed by atoms with van der Waals surface area (Å²) in [6, 6.07) is 5.17. The monoisotopic (exact) mass is 249 g/mol. The molecule has 0 amide bonds. The highest BCUT2D eigenvalue weighted by Crippen LogP contribution is 2.14. The van der Waals surface area contributed by atoms with Crippen LogP contribution in [0.15, 0.2) is 18.2 Å². The SMILES string of the molecule is CNC(CC(=O)OC)C(=O)c1cc(C)ccc1C. The molecule has 18 heavy (non-hydrogen) atoms. The van der Waals surface area contributed by atoms with Crippen molar-refractivity contribution in [2.75, 3.05) is 14.2 Å². The maximum Gasteiger partial charge on any atom is 0.307 e. The number of methoxy groups -OCH3 is 1. The summed E-state index contributed by atoms with van der Waals surface area (Å²) in [5.41, 5.74) is 2.59. The minimum atomic E-state index is -0.544. The van der Waals surface area contributed by atoms with Gasteiger partial charge in [0.15, 0.2) is 5.78 Å². The van der Waals surface area contributed by atoms with Crippen LogP contribution in [0.2, 0.25) is 0 Å². The Morgan fingerprint density at radius 3 is 2.56 bits per heavy atom. The summed E-state index contributed by atoms with van der Waals surface area (Å²) in [4.78, 5) is 23.6. The normalized spacial score (nSPS) is 12.0. The van der Waals surface area contributed by atoms with Crippen LogP contribution < -0.4 is 5.32 Å². The molecule has 0 saturated heterocycles. The first kappa shape index (κ1) is 14.4. The molecule has 0 bridgehead atoms. The van der Waals surface area contributed by atoms with Gasteiger partial charge in [-0.05, 0) is 32.5 Å². The summed E-state index contributed by atoms with van der Waals surface area (Å²) in [6.07, 6.45) is 0.0409. The topological polar surface area (TPSA) is 55.4 Å². The highest BCUT2D eigenvalue weighted by molar-refractivity contribution is 6.03. The van der Waals surface area contributed by atoms with E-state index in [1.54, 1.807) is 7.05 Å². The summed E-state index contributed by atoms with van der Waals surface area (Å²) >= 11 is 0. The largest absolute Gasteiger partial charge is 0.469 e. The van der Waals surface area contributed by atoms with Gasteiger partial charge in [0.25, 0.3) is 0 Å². The number of benzene rings is 1. The molecule has 1 N–H and O–H groups in total. The van der Waals surface area contributed by atoms with E-state index >= 15 is 0 Å². The Bertz CT molecular complexity index is 454. The summed E-state index contributed by atoms with van der Waals surface area (Å²) < 4.78 is 4.59. The van der Waals surface area contributed by atoms with Crippen LogP contribution in [0.1, 0.15) is 27.9 Å². The van der Waals surface area contributed by atoms with Crippen LogP contribution in [0.5, 0.6) is 0 Å². The van der Waals surface area contributed by atoms with Crippen LogP contribution in [0.3, 0.4) is 0 Å². The average molecular weight is 249 g/mol. The lowest BCUT2D eigenvalue weighted by Crippen LogP contribution is -2.36. The third-order valence-corrected chi connectivity index (χ3v) is 2.92. The molecule has 98 valence electrons. The van der Waals surface area contributed by atoms with Gasteiger partial charge in [0.05, 0.1) is 19.6 Å². The zero-order valence-corrected chi connectivity index (χ0v) is 11.2. The summed E-state index contributed by atoms with van der Waals surface area (Å²) in [7, 11) is 2.98. The van der Waals surface area contributed by atoms with E-state index < -0.39 is 12.0 Å². The van der Waals surface area contributed by atoms with E-state index in [2.05, 4.69) is 10.1 Å². The van der Waals surface area contributed by atoms with E-state index in [4.69, 9.17) is 0 Å². The summed E-state index contributed by atoms with van der Waals surface area (Å²) in [6.45, 7) is 3.82. The van der Waals surface area contributed by atoms with Crippen molar-refractivity contribution >= 4 is 11.8 Å². The highest BCUT2D eigenvalue weighted by Gasteiger charge is 2.23.